The second kappa shape index (κ2) is 12.0. The number of halogens is 2. The number of thioether (sulfide) groups is 2. The van der Waals surface area contributed by atoms with Gasteiger partial charge >= 0.3 is 0 Å². The average molecular weight is 461 g/mol. The highest BCUT2D eigenvalue weighted by Crippen LogP contribution is 2.24. The number of carbonyl (C=O) groups is 1. The molecule has 0 aliphatic rings. The highest BCUT2D eigenvalue weighted by Gasteiger charge is 2.12. The van der Waals surface area contributed by atoms with Crippen LogP contribution in [0.4, 0.5) is 0 Å². The highest BCUT2D eigenvalue weighted by molar-refractivity contribution is 7.99. The number of hydrogen-bond donors (Lipinski definition) is 1. The van der Waals surface area contributed by atoms with Crippen molar-refractivity contribution in [3.8, 4) is 0 Å². The lowest BCUT2D eigenvalue weighted by Gasteiger charge is -2.11. The van der Waals surface area contributed by atoms with E-state index in [1.165, 1.54) is 11.8 Å². The van der Waals surface area contributed by atoms with Gasteiger partial charge in [0.2, 0.25) is 5.91 Å². The van der Waals surface area contributed by atoms with Gasteiger partial charge in [0.1, 0.15) is 5.82 Å². The number of rotatable bonds is 11. The normalized spacial score (nSPS) is 11.2. The molecule has 5 nitrogen and oxygen atoms in total. The minimum atomic E-state index is 0.0311. The molecule has 0 unspecified atom stereocenters. The molecule has 0 bridgehead atoms. The number of nitrogens with one attached hydrogen (secondary N) is 1. The van der Waals surface area contributed by atoms with Gasteiger partial charge in [-0.15, -0.1) is 22.0 Å². The molecule has 154 valence electrons. The predicted octanol–water partition coefficient (Wildman–Crippen LogP) is 4.95. The summed E-state index contributed by atoms with van der Waals surface area (Å²) in [7, 11) is 0. The fourth-order valence-corrected chi connectivity index (χ4v) is 4.56. The highest BCUT2D eigenvalue weighted by atomic mass is 35.5. The van der Waals surface area contributed by atoms with E-state index in [1.54, 1.807) is 17.8 Å². The van der Waals surface area contributed by atoms with Crippen molar-refractivity contribution in [2.45, 2.75) is 44.1 Å². The summed E-state index contributed by atoms with van der Waals surface area (Å²) < 4.78 is 2.18. The van der Waals surface area contributed by atoms with Crippen LogP contribution < -0.4 is 5.32 Å². The largest absolute Gasteiger partial charge is 0.355 e. The minimum Gasteiger partial charge on any atom is -0.355 e. The lowest BCUT2D eigenvalue weighted by atomic mass is 10.2. The van der Waals surface area contributed by atoms with Crippen molar-refractivity contribution in [3.05, 3.63) is 39.6 Å². The summed E-state index contributed by atoms with van der Waals surface area (Å²) in [6, 6.07) is 5.43. The molecule has 1 amide bonds. The third-order valence-electron chi connectivity index (χ3n) is 3.93. The molecule has 0 aliphatic carbocycles. The summed E-state index contributed by atoms with van der Waals surface area (Å²) >= 11 is 15.2. The molecular formula is C19H26Cl2N4OS2. The van der Waals surface area contributed by atoms with Crippen LogP contribution in [0.5, 0.6) is 0 Å². The van der Waals surface area contributed by atoms with Crippen molar-refractivity contribution in [3.63, 3.8) is 0 Å². The van der Waals surface area contributed by atoms with E-state index in [0.29, 0.717) is 34.0 Å². The second-order valence-corrected chi connectivity index (χ2v) is 9.39. The standard InChI is InChI=1S/C19H26Cl2N4OS2/c1-13(2)10-25-17(23-24-19(25)27-3)5-4-8-22-18(26)12-28-11-14-6-7-15(20)9-16(14)21/h6-7,9,13H,4-5,8,10-12H2,1-3H3,(H,22,26). The first-order valence-corrected chi connectivity index (χ1v) is 12.3. The Morgan fingerprint density at radius 3 is 2.75 bits per heavy atom. The molecule has 2 aromatic rings. The number of aryl methyl sites for hydroxylation is 1. The van der Waals surface area contributed by atoms with Crippen LogP contribution in [-0.2, 0) is 23.5 Å². The monoisotopic (exact) mass is 460 g/mol. The first-order chi connectivity index (χ1) is 13.4. The minimum absolute atomic E-state index is 0.0311. The molecule has 0 fully saturated rings. The zero-order valence-corrected chi connectivity index (χ0v) is 19.5. The van der Waals surface area contributed by atoms with Crippen LogP contribution in [0.1, 0.15) is 31.7 Å². The number of amides is 1. The summed E-state index contributed by atoms with van der Waals surface area (Å²) in [4.78, 5) is 12.0. The van der Waals surface area contributed by atoms with Gasteiger partial charge < -0.3 is 9.88 Å². The molecule has 0 spiro atoms. The Balaban J connectivity index is 1.69. The van der Waals surface area contributed by atoms with E-state index in [4.69, 9.17) is 23.2 Å². The van der Waals surface area contributed by atoms with Crippen LogP contribution in [-0.4, -0.2) is 39.2 Å². The zero-order chi connectivity index (χ0) is 20.5. The number of benzene rings is 1. The van der Waals surface area contributed by atoms with Crippen LogP contribution in [0.3, 0.4) is 0 Å². The Morgan fingerprint density at radius 2 is 2.07 bits per heavy atom. The van der Waals surface area contributed by atoms with E-state index in [-0.39, 0.29) is 5.91 Å². The maximum absolute atomic E-state index is 12.0. The average Bonchev–Trinajstić information content (AvgIpc) is 3.01. The molecule has 0 saturated carbocycles. The van der Waals surface area contributed by atoms with Gasteiger partial charge in [0.15, 0.2) is 5.16 Å². The van der Waals surface area contributed by atoms with Crippen molar-refractivity contribution in [1.29, 1.82) is 0 Å². The Bertz CT molecular complexity index is 783. The summed E-state index contributed by atoms with van der Waals surface area (Å²) in [5.41, 5.74) is 0.984. The van der Waals surface area contributed by atoms with Crippen LogP contribution >= 0.6 is 46.7 Å². The van der Waals surface area contributed by atoms with E-state index in [2.05, 4.69) is 33.9 Å². The molecule has 1 heterocycles. The van der Waals surface area contributed by atoms with Crippen LogP contribution in [0, 0.1) is 5.92 Å². The Morgan fingerprint density at radius 1 is 1.29 bits per heavy atom. The van der Waals surface area contributed by atoms with Gasteiger partial charge in [-0.1, -0.05) is 54.9 Å². The second-order valence-electron chi connectivity index (χ2n) is 6.79. The van der Waals surface area contributed by atoms with Gasteiger partial charge in [-0.05, 0) is 36.3 Å². The van der Waals surface area contributed by atoms with E-state index in [9.17, 15) is 4.79 Å². The van der Waals surface area contributed by atoms with Crippen molar-refractivity contribution >= 4 is 52.6 Å². The quantitative estimate of drug-likeness (QED) is 0.379. The van der Waals surface area contributed by atoms with Crippen LogP contribution in [0.25, 0.3) is 0 Å². The van der Waals surface area contributed by atoms with Crippen molar-refractivity contribution in [2.24, 2.45) is 5.92 Å². The fourth-order valence-electron chi connectivity index (χ4n) is 2.62. The van der Waals surface area contributed by atoms with Gasteiger partial charge in [-0.25, -0.2) is 0 Å². The fraction of sp³-hybridized carbons (Fsp3) is 0.526. The Labute approximate surface area is 185 Å². The van der Waals surface area contributed by atoms with Crippen molar-refractivity contribution in [1.82, 2.24) is 20.1 Å². The number of aromatic nitrogens is 3. The van der Waals surface area contributed by atoms with Crippen molar-refractivity contribution < 1.29 is 4.79 Å². The Hall–Kier alpha value is -0.890. The summed E-state index contributed by atoms with van der Waals surface area (Å²) in [6.07, 6.45) is 3.65. The van der Waals surface area contributed by atoms with E-state index in [1.807, 2.05) is 18.4 Å². The smallest absolute Gasteiger partial charge is 0.230 e. The van der Waals surface area contributed by atoms with Crippen LogP contribution in [0.15, 0.2) is 23.4 Å². The first kappa shape index (κ1) is 23.4. The molecule has 0 atom stereocenters. The summed E-state index contributed by atoms with van der Waals surface area (Å²) in [5.74, 6) is 2.63. The third kappa shape index (κ3) is 7.50. The lowest BCUT2D eigenvalue weighted by Crippen LogP contribution is -2.26. The molecule has 0 aliphatic heterocycles. The van der Waals surface area contributed by atoms with Gasteiger partial charge in [-0.3, -0.25) is 4.79 Å². The molecule has 28 heavy (non-hydrogen) atoms. The molecule has 1 aromatic heterocycles. The summed E-state index contributed by atoms with van der Waals surface area (Å²) in [6.45, 7) is 5.91. The molecular weight excluding hydrogens is 435 g/mol. The van der Waals surface area contributed by atoms with Gasteiger partial charge in [0.05, 0.1) is 5.75 Å². The van der Waals surface area contributed by atoms with Crippen LogP contribution in [0.2, 0.25) is 10.0 Å². The zero-order valence-electron chi connectivity index (χ0n) is 16.4. The number of hydrogen-bond acceptors (Lipinski definition) is 5. The van der Waals surface area contributed by atoms with Crippen molar-refractivity contribution in [2.75, 3.05) is 18.6 Å². The SMILES string of the molecule is CSc1nnc(CCCNC(=O)CSCc2ccc(Cl)cc2Cl)n1CC(C)C. The maximum Gasteiger partial charge on any atom is 0.230 e. The molecule has 1 N–H and O–H groups in total. The van der Waals surface area contributed by atoms with E-state index in [0.717, 1.165) is 35.9 Å². The first-order valence-electron chi connectivity index (χ1n) is 9.15. The molecule has 0 radical (unpaired) electrons. The van der Waals surface area contributed by atoms with Gasteiger partial charge in [-0.2, -0.15) is 0 Å². The topological polar surface area (TPSA) is 59.8 Å². The lowest BCUT2D eigenvalue weighted by molar-refractivity contribution is -0.118. The summed E-state index contributed by atoms with van der Waals surface area (Å²) in [5, 5.41) is 13.7. The maximum atomic E-state index is 12.0. The molecule has 0 saturated heterocycles. The molecule has 9 heteroatoms. The number of carbonyl (C=O) groups excluding carboxylic acids is 1. The Kier molecular flexibility index (Phi) is 9.99. The van der Waals surface area contributed by atoms with E-state index < -0.39 is 0 Å². The predicted molar refractivity (Wildman–Crippen MR) is 121 cm³/mol. The number of nitrogens with zero attached hydrogens (tertiary/aromatic N) is 3. The molecule has 2 rings (SSSR count). The van der Waals surface area contributed by atoms with E-state index >= 15 is 0 Å². The third-order valence-corrected chi connectivity index (χ3v) is 6.16. The molecule has 1 aromatic carbocycles. The van der Waals surface area contributed by atoms with Gasteiger partial charge in [0, 0.05) is 35.3 Å². The van der Waals surface area contributed by atoms with Gasteiger partial charge in [0.25, 0.3) is 0 Å².